The minimum atomic E-state index is -0.0979. The highest BCUT2D eigenvalue weighted by molar-refractivity contribution is 5.79. The fraction of sp³-hybridized carbons (Fsp3) is 0.333. The smallest absolute Gasteiger partial charge is 0.242 e. The third-order valence-electron chi connectivity index (χ3n) is 3.56. The number of carbonyl (C=O) groups is 1. The van der Waals surface area contributed by atoms with E-state index in [1.54, 1.807) is 4.68 Å². The molecule has 0 aliphatic carbocycles. The number of benzene rings is 1. The summed E-state index contributed by atoms with van der Waals surface area (Å²) in [6.07, 6.45) is 1.96. The molecule has 0 bridgehead atoms. The summed E-state index contributed by atoms with van der Waals surface area (Å²) in [4.78, 5) is 12.1. The Morgan fingerprint density at radius 2 is 2.14 bits per heavy atom. The Morgan fingerprint density at radius 1 is 1.32 bits per heavy atom. The molecule has 7 nitrogen and oxygen atoms in total. The van der Waals surface area contributed by atoms with Gasteiger partial charge < -0.3 is 5.32 Å². The highest BCUT2D eigenvalue weighted by Gasteiger charge is 2.10. The Morgan fingerprint density at radius 3 is 2.91 bits per heavy atom. The number of carbonyl (C=O) groups excluding carboxylic acids is 1. The summed E-state index contributed by atoms with van der Waals surface area (Å²) in [5.41, 5.74) is 3.61. The zero-order valence-corrected chi connectivity index (χ0v) is 12.7. The van der Waals surface area contributed by atoms with Gasteiger partial charge in [0.15, 0.2) is 0 Å². The number of amides is 1. The molecule has 3 aromatic rings. The average Bonchev–Trinajstić information content (AvgIpc) is 3.09. The van der Waals surface area contributed by atoms with E-state index >= 15 is 0 Å². The van der Waals surface area contributed by atoms with Gasteiger partial charge in [-0.25, -0.2) is 4.68 Å². The van der Waals surface area contributed by atoms with Gasteiger partial charge in [0, 0.05) is 24.8 Å². The maximum absolute atomic E-state index is 12.1. The summed E-state index contributed by atoms with van der Waals surface area (Å²) >= 11 is 0. The van der Waals surface area contributed by atoms with Crippen molar-refractivity contribution in [1.29, 1.82) is 0 Å². The number of fused-ring (bicyclic) bond motifs is 1. The summed E-state index contributed by atoms with van der Waals surface area (Å²) in [6.45, 7) is 5.42. The summed E-state index contributed by atoms with van der Waals surface area (Å²) in [6, 6.07) is 7.58. The first-order valence-electron chi connectivity index (χ1n) is 7.25. The maximum atomic E-state index is 12.1. The van der Waals surface area contributed by atoms with Gasteiger partial charge in [0.25, 0.3) is 0 Å². The predicted molar refractivity (Wildman–Crippen MR) is 82.0 cm³/mol. The van der Waals surface area contributed by atoms with Crippen LogP contribution in [0.3, 0.4) is 0 Å². The molecule has 0 fully saturated rings. The third kappa shape index (κ3) is 2.83. The lowest BCUT2D eigenvalue weighted by Gasteiger charge is -2.05. The van der Waals surface area contributed by atoms with Gasteiger partial charge in [-0.3, -0.25) is 9.48 Å². The monoisotopic (exact) mass is 298 g/mol. The van der Waals surface area contributed by atoms with Crippen LogP contribution >= 0.6 is 0 Å². The van der Waals surface area contributed by atoms with Gasteiger partial charge in [-0.1, -0.05) is 17.3 Å². The maximum Gasteiger partial charge on any atom is 0.242 e. The van der Waals surface area contributed by atoms with Crippen LogP contribution in [0.15, 0.2) is 30.5 Å². The molecule has 0 unspecified atom stereocenters. The van der Waals surface area contributed by atoms with E-state index in [0.29, 0.717) is 6.54 Å². The Bertz CT molecular complexity index is 803. The largest absolute Gasteiger partial charge is 0.350 e. The first kappa shape index (κ1) is 14.2. The van der Waals surface area contributed by atoms with Crippen LogP contribution in [-0.4, -0.2) is 30.7 Å². The number of aryl methyl sites for hydroxylation is 2. The normalized spacial score (nSPS) is 11.0. The number of hydrogen-bond acceptors (Lipinski definition) is 4. The SMILES string of the molecule is CCn1cc(CNC(=O)Cn2nnc3ccccc32)c(C)n1. The van der Waals surface area contributed by atoms with E-state index in [0.717, 1.165) is 28.8 Å². The fourth-order valence-corrected chi connectivity index (χ4v) is 2.31. The number of nitrogens with one attached hydrogen (secondary N) is 1. The first-order chi connectivity index (χ1) is 10.7. The van der Waals surface area contributed by atoms with Gasteiger partial charge in [-0.15, -0.1) is 5.10 Å². The fourth-order valence-electron chi connectivity index (χ4n) is 2.31. The zero-order valence-electron chi connectivity index (χ0n) is 12.7. The second-order valence-corrected chi connectivity index (χ2v) is 5.11. The molecule has 0 radical (unpaired) electrons. The molecule has 3 rings (SSSR count). The Hall–Kier alpha value is -2.70. The molecule has 1 amide bonds. The van der Waals surface area contributed by atoms with E-state index in [2.05, 4.69) is 20.7 Å². The standard InChI is InChI=1S/C15H18N6O/c1-3-20-9-12(11(2)18-20)8-16-15(22)10-21-14-7-5-4-6-13(14)17-19-21/h4-7,9H,3,8,10H2,1-2H3,(H,16,22). The molecule has 2 aromatic heterocycles. The Kier molecular flexibility index (Phi) is 3.86. The van der Waals surface area contributed by atoms with Gasteiger partial charge in [-0.05, 0) is 26.0 Å². The zero-order chi connectivity index (χ0) is 15.5. The van der Waals surface area contributed by atoms with Crippen molar-refractivity contribution < 1.29 is 4.79 Å². The molecule has 0 aliphatic heterocycles. The minimum Gasteiger partial charge on any atom is -0.350 e. The van der Waals surface area contributed by atoms with Crippen molar-refractivity contribution in [3.63, 3.8) is 0 Å². The molecule has 22 heavy (non-hydrogen) atoms. The molecule has 0 atom stereocenters. The van der Waals surface area contributed by atoms with Crippen molar-refractivity contribution in [3.05, 3.63) is 41.7 Å². The molecule has 0 saturated heterocycles. The number of nitrogens with zero attached hydrogens (tertiary/aromatic N) is 5. The molecule has 2 heterocycles. The van der Waals surface area contributed by atoms with E-state index in [9.17, 15) is 4.79 Å². The van der Waals surface area contributed by atoms with Crippen LogP contribution < -0.4 is 5.32 Å². The minimum absolute atomic E-state index is 0.0979. The Balaban J connectivity index is 1.64. The summed E-state index contributed by atoms with van der Waals surface area (Å²) in [5.74, 6) is -0.0979. The Labute approximate surface area is 127 Å². The number of para-hydroxylation sites is 1. The van der Waals surface area contributed by atoms with Crippen molar-refractivity contribution in [2.45, 2.75) is 33.5 Å². The molecular weight excluding hydrogens is 280 g/mol. The highest BCUT2D eigenvalue weighted by Crippen LogP contribution is 2.09. The van der Waals surface area contributed by atoms with E-state index in [1.165, 1.54) is 0 Å². The number of hydrogen-bond donors (Lipinski definition) is 1. The first-order valence-corrected chi connectivity index (χ1v) is 7.25. The van der Waals surface area contributed by atoms with Crippen molar-refractivity contribution in [1.82, 2.24) is 30.1 Å². The van der Waals surface area contributed by atoms with Crippen molar-refractivity contribution in [2.75, 3.05) is 0 Å². The van der Waals surface area contributed by atoms with Crippen LogP contribution in [0.2, 0.25) is 0 Å². The third-order valence-corrected chi connectivity index (χ3v) is 3.56. The lowest BCUT2D eigenvalue weighted by molar-refractivity contribution is -0.121. The number of rotatable bonds is 5. The average molecular weight is 298 g/mol. The topological polar surface area (TPSA) is 77.6 Å². The van der Waals surface area contributed by atoms with Gasteiger partial charge in [0.05, 0.1) is 11.2 Å². The molecule has 1 N–H and O–H groups in total. The quantitative estimate of drug-likeness (QED) is 0.769. The molecule has 0 saturated carbocycles. The predicted octanol–water partition coefficient (Wildman–Crippen LogP) is 1.27. The van der Waals surface area contributed by atoms with E-state index in [-0.39, 0.29) is 12.5 Å². The van der Waals surface area contributed by atoms with Gasteiger partial charge in [0.1, 0.15) is 12.1 Å². The summed E-state index contributed by atoms with van der Waals surface area (Å²) in [5, 5.41) is 15.3. The van der Waals surface area contributed by atoms with Crippen molar-refractivity contribution in [2.24, 2.45) is 0 Å². The summed E-state index contributed by atoms with van der Waals surface area (Å²) in [7, 11) is 0. The van der Waals surface area contributed by atoms with Crippen LogP contribution in [0.1, 0.15) is 18.2 Å². The van der Waals surface area contributed by atoms with Crippen LogP contribution in [0, 0.1) is 6.92 Å². The van der Waals surface area contributed by atoms with Gasteiger partial charge in [0.2, 0.25) is 5.91 Å². The lowest BCUT2D eigenvalue weighted by Crippen LogP contribution is -2.27. The van der Waals surface area contributed by atoms with Crippen LogP contribution in [-0.2, 0) is 24.4 Å². The summed E-state index contributed by atoms with van der Waals surface area (Å²) < 4.78 is 3.47. The second-order valence-electron chi connectivity index (χ2n) is 5.11. The van der Waals surface area contributed by atoms with Crippen LogP contribution in [0.25, 0.3) is 11.0 Å². The molecule has 0 aliphatic rings. The van der Waals surface area contributed by atoms with E-state index in [1.807, 2.05) is 49.0 Å². The number of aromatic nitrogens is 5. The van der Waals surface area contributed by atoms with E-state index in [4.69, 9.17) is 0 Å². The molecule has 114 valence electrons. The van der Waals surface area contributed by atoms with Gasteiger partial charge in [-0.2, -0.15) is 5.10 Å². The molecule has 1 aromatic carbocycles. The van der Waals surface area contributed by atoms with Crippen molar-refractivity contribution >= 4 is 16.9 Å². The highest BCUT2D eigenvalue weighted by atomic mass is 16.2. The van der Waals surface area contributed by atoms with Crippen molar-refractivity contribution in [3.8, 4) is 0 Å². The van der Waals surface area contributed by atoms with Gasteiger partial charge >= 0.3 is 0 Å². The van der Waals surface area contributed by atoms with E-state index < -0.39 is 0 Å². The second kappa shape index (κ2) is 5.97. The van der Waals surface area contributed by atoms with Crippen LogP contribution in [0.4, 0.5) is 0 Å². The molecule has 0 spiro atoms. The molecule has 7 heteroatoms. The molecular formula is C15H18N6O. The lowest BCUT2D eigenvalue weighted by atomic mass is 10.2. The van der Waals surface area contributed by atoms with Crippen LogP contribution in [0.5, 0.6) is 0 Å².